The van der Waals surface area contributed by atoms with Crippen molar-refractivity contribution in [2.45, 2.75) is 6.54 Å². The third-order valence-electron chi connectivity index (χ3n) is 0.938. The van der Waals surface area contributed by atoms with Crippen molar-refractivity contribution < 1.29 is 4.39 Å². The molecule has 0 bridgehead atoms. The Bertz CT molecular complexity index is 235. The molecule has 1 rings (SSSR count). The Kier molecular flexibility index (Phi) is 1.81. The monoisotopic (exact) mass is 141 g/mol. The fourth-order valence-electron chi connectivity index (χ4n) is 0.506. The van der Waals surface area contributed by atoms with Gasteiger partial charge < -0.3 is 4.85 Å². The van der Waals surface area contributed by atoms with Crippen molar-refractivity contribution in [1.29, 1.82) is 0 Å². The molecule has 0 saturated carbocycles. The zero-order valence-corrected chi connectivity index (χ0v) is 5.41. The maximum Gasteiger partial charge on any atom is 0.243 e. The summed E-state index contributed by atoms with van der Waals surface area (Å²) in [4.78, 5) is 3.06. The molecule has 0 atom stereocenters. The Morgan fingerprint density at radius 1 is 1.67 bits per heavy atom. The van der Waals surface area contributed by atoms with Gasteiger partial charge in [0, 0.05) is 10.8 Å². The summed E-state index contributed by atoms with van der Waals surface area (Å²) >= 11 is 1.29. The minimum absolute atomic E-state index is 0.162. The molecule has 0 spiro atoms. The SMILES string of the molecule is [C-]#[N+]Cc1cscc1F. The summed E-state index contributed by atoms with van der Waals surface area (Å²) in [6, 6.07) is 0. The Balaban J connectivity index is 2.84. The lowest BCUT2D eigenvalue weighted by Gasteiger charge is -1.80. The molecule has 0 unspecified atom stereocenters. The van der Waals surface area contributed by atoms with Crippen LogP contribution in [0.5, 0.6) is 0 Å². The topological polar surface area (TPSA) is 4.36 Å². The first kappa shape index (κ1) is 6.24. The molecule has 0 fully saturated rings. The van der Waals surface area contributed by atoms with Crippen LogP contribution in [0.2, 0.25) is 0 Å². The molecular weight excluding hydrogens is 137 g/mol. The van der Waals surface area contributed by atoms with Crippen LogP contribution in [0.25, 0.3) is 4.85 Å². The summed E-state index contributed by atoms with van der Waals surface area (Å²) in [6.07, 6.45) is 0. The third kappa shape index (κ3) is 1.27. The quantitative estimate of drug-likeness (QED) is 0.528. The van der Waals surface area contributed by atoms with E-state index >= 15 is 0 Å². The maximum absolute atomic E-state index is 12.4. The summed E-state index contributed by atoms with van der Waals surface area (Å²) in [6.45, 7) is 6.60. The summed E-state index contributed by atoms with van der Waals surface area (Å²) < 4.78 is 12.4. The zero-order valence-electron chi connectivity index (χ0n) is 4.60. The van der Waals surface area contributed by atoms with Crippen LogP contribution in [0.1, 0.15) is 5.56 Å². The molecular formula is C6H4FNS. The fraction of sp³-hybridized carbons (Fsp3) is 0.167. The molecule has 1 aromatic heterocycles. The van der Waals surface area contributed by atoms with Gasteiger partial charge in [0.25, 0.3) is 0 Å². The van der Waals surface area contributed by atoms with Crippen molar-refractivity contribution in [2.75, 3.05) is 0 Å². The van der Waals surface area contributed by atoms with Crippen molar-refractivity contribution in [3.8, 4) is 0 Å². The highest BCUT2D eigenvalue weighted by Gasteiger charge is 2.02. The minimum Gasteiger partial charge on any atom is -0.312 e. The van der Waals surface area contributed by atoms with Gasteiger partial charge >= 0.3 is 0 Å². The van der Waals surface area contributed by atoms with E-state index in [-0.39, 0.29) is 12.4 Å². The highest BCUT2D eigenvalue weighted by atomic mass is 32.1. The normalized spacial score (nSPS) is 8.89. The highest BCUT2D eigenvalue weighted by Crippen LogP contribution is 2.13. The van der Waals surface area contributed by atoms with E-state index in [1.165, 1.54) is 16.7 Å². The van der Waals surface area contributed by atoms with E-state index in [1.807, 2.05) is 0 Å². The second-order valence-electron chi connectivity index (χ2n) is 1.56. The van der Waals surface area contributed by atoms with Crippen LogP contribution in [-0.4, -0.2) is 0 Å². The first-order valence-corrected chi connectivity index (χ1v) is 3.32. The number of hydrogen-bond donors (Lipinski definition) is 0. The minimum atomic E-state index is -0.254. The molecule has 9 heavy (non-hydrogen) atoms. The molecule has 0 aromatic carbocycles. The van der Waals surface area contributed by atoms with Crippen LogP contribution in [0, 0.1) is 12.4 Å². The van der Waals surface area contributed by atoms with Crippen LogP contribution in [0.3, 0.4) is 0 Å². The van der Waals surface area contributed by atoms with Gasteiger partial charge in [-0.05, 0) is 0 Å². The Hall–Kier alpha value is -0.880. The molecule has 0 aliphatic heterocycles. The summed E-state index contributed by atoms with van der Waals surface area (Å²) in [5, 5.41) is 3.06. The average molecular weight is 141 g/mol. The van der Waals surface area contributed by atoms with E-state index in [2.05, 4.69) is 4.85 Å². The first-order chi connectivity index (χ1) is 4.34. The number of rotatable bonds is 1. The zero-order chi connectivity index (χ0) is 6.69. The van der Waals surface area contributed by atoms with Crippen molar-refractivity contribution in [1.82, 2.24) is 0 Å². The predicted octanol–water partition coefficient (Wildman–Crippen LogP) is 2.31. The van der Waals surface area contributed by atoms with Crippen molar-refractivity contribution in [3.63, 3.8) is 0 Å². The molecule has 46 valence electrons. The lowest BCUT2D eigenvalue weighted by molar-refractivity contribution is 0.621. The Labute approximate surface area is 56.6 Å². The van der Waals surface area contributed by atoms with E-state index in [0.717, 1.165) is 0 Å². The molecule has 3 heteroatoms. The van der Waals surface area contributed by atoms with E-state index in [1.54, 1.807) is 5.38 Å². The summed E-state index contributed by atoms with van der Waals surface area (Å²) in [5.41, 5.74) is 0.509. The van der Waals surface area contributed by atoms with E-state index in [0.29, 0.717) is 5.56 Å². The van der Waals surface area contributed by atoms with Gasteiger partial charge in [0.15, 0.2) is 0 Å². The predicted molar refractivity (Wildman–Crippen MR) is 34.6 cm³/mol. The molecule has 0 amide bonds. The van der Waals surface area contributed by atoms with E-state index in [9.17, 15) is 4.39 Å². The highest BCUT2D eigenvalue weighted by molar-refractivity contribution is 7.08. The van der Waals surface area contributed by atoms with Gasteiger partial charge in [0.1, 0.15) is 5.82 Å². The molecule has 0 aliphatic rings. The summed E-state index contributed by atoms with van der Waals surface area (Å²) in [7, 11) is 0. The molecule has 1 nitrogen and oxygen atoms in total. The first-order valence-electron chi connectivity index (χ1n) is 2.38. The molecule has 1 aromatic rings. The maximum atomic E-state index is 12.4. The Morgan fingerprint density at radius 2 is 2.44 bits per heavy atom. The molecule has 0 radical (unpaired) electrons. The lowest BCUT2D eigenvalue weighted by atomic mass is 10.3. The third-order valence-corrected chi connectivity index (χ3v) is 1.70. The standard InChI is InChI=1S/C6H4FNS/c1-8-2-5-3-9-4-6(5)7/h3-4H,2H2. The van der Waals surface area contributed by atoms with Gasteiger partial charge in [-0.15, -0.1) is 11.3 Å². The number of halogens is 1. The second kappa shape index (κ2) is 2.60. The molecule has 0 aliphatic carbocycles. The smallest absolute Gasteiger partial charge is 0.243 e. The molecule has 1 heterocycles. The number of nitrogens with zero attached hydrogens (tertiary/aromatic N) is 1. The van der Waals surface area contributed by atoms with Crippen LogP contribution in [0.4, 0.5) is 4.39 Å². The van der Waals surface area contributed by atoms with Gasteiger partial charge in [0.2, 0.25) is 6.54 Å². The number of hydrogen-bond acceptors (Lipinski definition) is 1. The van der Waals surface area contributed by atoms with Gasteiger partial charge in [-0.1, -0.05) is 0 Å². The van der Waals surface area contributed by atoms with Crippen LogP contribution < -0.4 is 0 Å². The van der Waals surface area contributed by atoms with Crippen LogP contribution >= 0.6 is 11.3 Å². The summed E-state index contributed by atoms with van der Waals surface area (Å²) in [5.74, 6) is -0.254. The van der Waals surface area contributed by atoms with E-state index in [4.69, 9.17) is 6.57 Å². The van der Waals surface area contributed by atoms with Crippen molar-refractivity contribution in [3.05, 3.63) is 33.6 Å². The number of thiophene rings is 1. The van der Waals surface area contributed by atoms with Crippen LogP contribution in [-0.2, 0) is 6.54 Å². The average Bonchev–Trinajstić information content (AvgIpc) is 2.18. The molecule has 0 N–H and O–H groups in total. The van der Waals surface area contributed by atoms with Gasteiger partial charge in [-0.3, -0.25) is 0 Å². The fourth-order valence-corrected chi connectivity index (χ4v) is 1.20. The van der Waals surface area contributed by atoms with Crippen molar-refractivity contribution >= 4 is 11.3 Å². The largest absolute Gasteiger partial charge is 0.312 e. The van der Waals surface area contributed by atoms with E-state index < -0.39 is 0 Å². The van der Waals surface area contributed by atoms with Crippen molar-refractivity contribution in [2.24, 2.45) is 0 Å². The van der Waals surface area contributed by atoms with Gasteiger partial charge in [0.05, 0.1) is 5.56 Å². The molecule has 0 saturated heterocycles. The Morgan fingerprint density at radius 3 is 2.89 bits per heavy atom. The van der Waals surface area contributed by atoms with Crippen LogP contribution in [0.15, 0.2) is 10.8 Å². The van der Waals surface area contributed by atoms with Gasteiger partial charge in [-0.2, -0.15) is 0 Å². The lowest BCUT2D eigenvalue weighted by Crippen LogP contribution is -1.76. The second-order valence-corrected chi connectivity index (χ2v) is 2.30. The van der Waals surface area contributed by atoms with Gasteiger partial charge in [-0.25, -0.2) is 11.0 Å².